The van der Waals surface area contributed by atoms with Gasteiger partial charge in [0.15, 0.2) is 5.13 Å². The molecule has 3 rings (SSSR count). The number of carbonyl (C=O) groups is 1. The normalized spacial score (nSPS) is 17.6. The molecule has 1 aromatic heterocycles. The fourth-order valence-electron chi connectivity index (χ4n) is 2.25. The fraction of sp³-hybridized carbons (Fsp3) is 0.286. The Morgan fingerprint density at radius 3 is 3.15 bits per heavy atom. The first-order valence-electron chi connectivity index (χ1n) is 6.43. The molecule has 1 aliphatic rings. The molecule has 0 aliphatic heterocycles. The van der Waals surface area contributed by atoms with Gasteiger partial charge in [0.1, 0.15) is 0 Å². The molecule has 2 aromatic rings. The Bertz CT molecular complexity index is 656. The Kier molecular flexibility index (Phi) is 4.04. The fourth-order valence-corrected chi connectivity index (χ4v) is 3.89. The number of aromatic nitrogens is 1. The Morgan fingerprint density at radius 2 is 2.35 bits per heavy atom. The van der Waals surface area contributed by atoms with E-state index in [1.165, 1.54) is 4.88 Å². The Labute approximate surface area is 134 Å². The van der Waals surface area contributed by atoms with Crippen molar-refractivity contribution in [3.8, 4) is 0 Å². The highest BCUT2D eigenvalue weighted by Gasteiger charge is 2.20. The molecule has 4 nitrogen and oxygen atoms in total. The van der Waals surface area contributed by atoms with E-state index in [9.17, 15) is 4.79 Å². The molecule has 0 saturated carbocycles. The summed E-state index contributed by atoms with van der Waals surface area (Å²) in [5.74, 6) is -0.112. The van der Waals surface area contributed by atoms with Crippen LogP contribution >= 0.6 is 33.9 Å². The van der Waals surface area contributed by atoms with Crippen LogP contribution in [0.1, 0.15) is 27.3 Å². The predicted molar refractivity (Wildman–Crippen MR) is 89.2 cm³/mol. The first kappa shape index (κ1) is 14.0. The number of rotatable bonds is 2. The average molecular weight is 399 g/mol. The van der Waals surface area contributed by atoms with Crippen molar-refractivity contribution in [3.63, 3.8) is 0 Å². The molecule has 6 heteroatoms. The van der Waals surface area contributed by atoms with Crippen LogP contribution in [0.4, 0.5) is 5.13 Å². The average Bonchev–Trinajstić information content (AvgIpc) is 2.80. The molecular formula is C14H14IN3OS. The van der Waals surface area contributed by atoms with Crippen molar-refractivity contribution in [1.29, 1.82) is 0 Å². The number of hydrogen-bond acceptors (Lipinski definition) is 4. The molecule has 1 aromatic carbocycles. The first-order chi connectivity index (χ1) is 9.61. The van der Waals surface area contributed by atoms with Gasteiger partial charge in [0.2, 0.25) is 0 Å². The second-order valence-corrected chi connectivity index (χ2v) is 7.19. The number of aryl methyl sites for hydroxylation is 1. The van der Waals surface area contributed by atoms with Crippen molar-refractivity contribution in [1.82, 2.24) is 4.98 Å². The zero-order chi connectivity index (χ0) is 14.1. The number of carbonyl (C=O) groups excluding carboxylic acids is 1. The summed E-state index contributed by atoms with van der Waals surface area (Å²) in [6, 6.07) is 7.73. The summed E-state index contributed by atoms with van der Waals surface area (Å²) in [5, 5.41) is 3.56. The van der Waals surface area contributed by atoms with E-state index in [2.05, 4.69) is 32.9 Å². The lowest BCUT2D eigenvalue weighted by Crippen LogP contribution is -2.27. The summed E-state index contributed by atoms with van der Waals surface area (Å²) in [5.41, 5.74) is 7.71. The lowest BCUT2D eigenvalue weighted by Gasteiger charge is -2.15. The number of nitrogens with one attached hydrogen (secondary N) is 1. The van der Waals surface area contributed by atoms with E-state index in [4.69, 9.17) is 5.73 Å². The van der Waals surface area contributed by atoms with Gasteiger partial charge in [-0.1, -0.05) is 6.07 Å². The Hall–Kier alpha value is -0.990. The summed E-state index contributed by atoms with van der Waals surface area (Å²) in [6.45, 7) is 0. The number of fused-ring (bicyclic) bond motifs is 1. The van der Waals surface area contributed by atoms with Crippen LogP contribution in [0.2, 0.25) is 0 Å². The minimum Gasteiger partial charge on any atom is -0.327 e. The minimum absolute atomic E-state index is 0.112. The lowest BCUT2D eigenvalue weighted by molar-refractivity contribution is 0.102. The van der Waals surface area contributed by atoms with Crippen molar-refractivity contribution in [2.24, 2.45) is 5.73 Å². The van der Waals surface area contributed by atoms with Crippen LogP contribution in [0.25, 0.3) is 0 Å². The highest BCUT2D eigenvalue weighted by molar-refractivity contribution is 14.1. The van der Waals surface area contributed by atoms with Crippen LogP contribution in [-0.4, -0.2) is 16.9 Å². The largest absolute Gasteiger partial charge is 0.327 e. The number of hydrogen-bond donors (Lipinski definition) is 2. The number of thiazole rings is 1. The highest BCUT2D eigenvalue weighted by atomic mass is 127. The molecule has 20 heavy (non-hydrogen) atoms. The minimum atomic E-state index is -0.112. The van der Waals surface area contributed by atoms with E-state index in [1.54, 1.807) is 17.4 Å². The van der Waals surface area contributed by atoms with Gasteiger partial charge in [-0.3, -0.25) is 10.1 Å². The van der Waals surface area contributed by atoms with E-state index in [1.807, 2.05) is 18.2 Å². The van der Waals surface area contributed by atoms with Gasteiger partial charge in [-0.25, -0.2) is 4.98 Å². The maximum absolute atomic E-state index is 12.2. The number of nitrogens with two attached hydrogens (primary N) is 1. The molecule has 0 radical (unpaired) electrons. The highest BCUT2D eigenvalue weighted by Crippen LogP contribution is 2.29. The van der Waals surface area contributed by atoms with Crippen molar-refractivity contribution >= 4 is 45.0 Å². The molecule has 1 heterocycles. The summed E-state index contributed by atoms with van der Waals surface area (Å²) >= 11 is 3.74. The van der Waals surface area contributed by atoms with Gasteiger partial charge in [-0.05, 0) is 60.1 Å². The molecule has 1 aliphatic carbocycles. The molecule has 104 valence electrons. The molecule has 1 atom stereocenters. The quantitative estimate of drug-likeness (QED) is 0.764. The third-order valence-corrected chi connectivity index (χ3v) is 4.99. The van der Waals surface area contributed by atoms with Gasteiger partial charge < -0.3 is 5.73 Å². The van der Waals surface area contributed by atoms with E-state index in [0.29, 0.717) is 10.7 Å². The number of anilines is 1. The van der Waals surface area contributed by atoms with Crippen LogP contribution in [0.3, 0.4) is 0 Å². The van der Waals surface area contributed by atoms with Crippen molar-refractivity contribution in [2.75, 3.05) is 5.32 Å². The van der Waals surface area contributed by atoms with Crippen LogP contribution in [0, 0.1) is 3.57 Å². The van der Waals surface area contributed by atoms with Gasteiger partial charge >= 0.3 is 0 Å². The number of halogens is 1. The topological polar surface area (TPSA) is 68.0 Å². The monoisotopic (exact) mass is 399 g/mol. The maximum Gasteiger partial charge on any atom is 0.257 e. The number of amides is 1. The molecule has 0 unspecified atom stereocenters. The van der Waals surface area contributed by atoms with Gasteiger partial charge in [0.05, 0.1) is 5.69 Å². The SMILES string of the molecule is N[C@H]1CCc2nc(NC(=O)c3cccc(I)c3)sc2C1. The van der Waals surface area contributed by atoms with Crippen molar-refractivity contribution in [3.05, 3.63) is 44.0 Å². The second-order valence-electron chi connectivity index (χ2n) is 4.86. The van der Waals surface area contributed by atoms with Crippen molar-refractivity contribution < 1.29 is 4.79 Å². The molecule has 3 N–H and O–H groups in total. The van der Waals surface area contributed by atoms with E-state index >= 15 is 0 Å². The smallest absolute Gasteiger partial charge is 0.257 e. The standard InChI is InChI=1S/C14H14IN3OS/c15-9-3-1-2-8(6-9)13(19)18-14-17-11-5-4-10(16)7-12(11)20-14/h1-3,6,10H,4-5,7,16H2,(H,17,18,19)/t10-/m0/s1. The number of benzene rings is 1. The molecule has 0 bridgehead atoms. The zero-order valence-electron chi connectivity index (χ0n) is 10.7. The van der Waals surface area contributed by atoms with Gasteiger partial charge in [-0.15, -0.1) is 11.3 Å². The molecule has 1 amide bonds. The first-order valence-corrected chi connectivity index (χ1v) is 8.32. The second kappa shape index (κ2) is 5.79. The van der Waals surface area contributed by atoms with E-state index < -0.39 is 0 Å². The Balaban J connectivity index is 1.77. The lowest BCUT2D eigenvalue weighted by atomic mass is 9.99. The van der Waals surface area contributed by atoms with Crippen molar-refractivity contribution in [2.45, 2.75) is 25.3 Å². The third kappa shape index (κ3) is 3.02. The molecular weight excluding hydrogens is 385 g/mol. The Morgan fingerprint density at radius 1 is 1.50 bits per heavy atom. The third-order valence-electron chi connectivity index (χ3n) is 3.29. The summed E-state index contributed by atoms with van der Waals surface area (Å²) in [7, 11) is 0. The van der Waals surface area contributed by atoms with Crippen LogP contribution in [-0.2, 0) is 12.8 Å². The van der Waals surface area contributed by atoms with Gasteiger partial charge in [-0.2, -0.15) is 0 Å². The van der Waals surface area contributed by atoms with Gasteiger partial charge in [0, 0.05) is 20.1 Å². The van der Waals surface area contributed by atoms with Crippen LogP contribution in [0.15, 0.2) is 24.3 Å². The number of nitrogens with zero attached hydrogens (tertiary/aromatic N) is 1. The van der Waals surface area contributed by atoms with Crippen LogP contribution < -0.4 is 11.1 Å². The molecule has 0 spiro atoms. The van der Waals surface area contributed by atoms with Crippen LogP contribution in [0.5, 0.6) is 0 Å². The maximum atomic E-state index is 12.2. The molecule has 0 fully saturated rings. The summed E-state index contributed by atoms with van der Waals surface area (Å²) < 4.78 is 1.04. The predicted octanol–water partition coefficient (Wildman–Crippen LogP) is 2.82. The van der Waals surface area contributed by atoms with Gasteiger partial charge in [0.25, 0.3) is 5.91 Å². The summed E-state index contributed by atoms with van der Waals surface area (Å²) in [6.07, 6.45) is 2.75. The molecule has 0 saturated heterocycles. The zero-order valence-corrected chi connectivity index (χ0v) is 13.7. The van der Waals surface area contributed by atoms with E-state index in [0.717, 1.165) is 28.5 Å². The summed E-state index contributed by atoms with van der Waals surface area (Å²) in [4.78, 5) is 17.9. The van der Waals surface area contributed by atoms with E-state index in [-0.39, 0.29) is 11.9 Å².